The van der Waals surface area contributed by atoms with Crippen LogP contribution in [0.4, 0.5) is 5.13 Å². The number of halogens is 2. The monoisotopic (exact) mass is 464 g/mol. The third-order valence-corrected chi connectivity index (χ3v) is 7.16. The molecule has 0 bridgehead atoms. The third kappa shape index (κ3) is 4.98. The van der Waals surface area contributed by atoms with Crippen LogP contribution in [-0.4, -0.2) is 37.1 Å². The predicted octanol–water partition coefficient (Wildman–Crippen LogP) is 3.14. The smallest absolute Gasteiger partial charge is 0.261 e. The number of anilines is 1. The van der Waals surface area contributed by atoms with Crippen molar-refractivity contribution in [2.75, 3.05) is 32.0 Å². The molecular formula is C18H26Cl2N4O2S2. The Balaban J connectivity index is 0.00000140. The number of carbonyl (C=O) groups excluding carboxylic acids is 1. The number of aromatic nitrogens is 1. The molecule has 1 fully saturated rings. The average Bonchev–Trinajstić information content (AvgIpc) is 3.27. The maximum atomic E-state index is 12.6. The number of thiazole rings is 1. The first-order chi connectivity index (χ1) is 12.7. The van der Waals surface area contributed by atoms with Crippen LogP contribution in [0.5, 0.6) is 0 Å². The Morgan fingerprint density at radius 1 is 1.36 bits per heavy atom. The van der Waals surface area contributed by atoms with E-state index in [2.05, 4.69) is 21.7 Å². The van der Waals surface area contributed by atoms with Crippen molar-refractivity contribution in [1.82, 2.24) is 15.6 Å². The Morgan fingerprint density at radius 2 is 2.14 bits per heavy atom. The van der Waals surface area contributed by atoms with E-state index >= 15 is 0 Å². The fourth-order valence-corrected chi connectivity index (χ4v) is 5.66. The predicted molar refractivity (Wildman–Crippen MR) is 119 cm³/mol. The van der Waals surface area contributed by atoms with E-state index in [4.69, 9.17) is 10.5 Å². The zero-order valence-electron chi connectivity index (χ0n) is 15.5. The molecule has 0 radical (unpaired) electrons. The van der Waals surface area contributed by atoms with Gasteiger partial charge in [-0.3, -0.25) is 4.79 Å². The van der Waals surface area contributed by atoms with Gasteiger partial charge in [0.05, 0.1) is 17.2 Å². The third-order valence-electron chi connectivity index (χ3n) is 5.07. The van der Waals surface area contributed by atoms with Crippen molar-refractivity contribution >= 4 is 58.5 Å². The number of hydrogen-bond donors (Lipinski definition) is 3. The van der Waals surface area contributed by atoms with E-state index in [9.17, 15) is 4.79 Å². The van der Waals surface area contributed by atoms with Gasteiger partial charge in [0, 0.05) is 16.8 Å². The molecule has 4 heterocycles. The van der Waals surface area contributed by atoms with E-state index in [1.54, 1.807) is 11.3 Å². The molecule has 6 nitrogen and oxygen atoms in total. The van der Waals surface area contributed by atoms with Crippen molar-refractivity contribution in [3.05, 3.63) is 32.5 Å². The number of rotatable bonds is 5. The highest BCUT2D eigenvalue weighted by Gasteiger charge is 2.41. The van der Waals surface area contributed by atoms with Gasteiger partial charge in [0.25, 0.3) is 5.91 Å². The van der Waals surface area contributed by atoms with Crippen molar-refractivity contribution in [3.63, 3.8) is 0 Å². The second-order valence-electron chi connectivity index (χ2n) is 6.84. The fraction of sp³-hybridized carbons (Fsp3) is 0.556. The van der Waals surface area contributed by atoms with E-state index in [-0.39, 0.29) is 36.3 Å². The van der Waals surface area contributed by atoms with Gasteiger partial charge in [0.2, 0.25) is 0 Å². The van der Waals surface area contributed by atoms with Crippen molar-refractivity contribution in [1.29, 1.82) is 0 Å². The second kappa shape index (κ2) is 10.2. The number of nitrogen functional groups attached to an aromatic ring is 1. The molecule has 1 spiro atoms. The molecule has 0 atom stereocenters. The van der Waals surface area contributed by atoms with Crippen molar-refractivity contribution < 1.29 is 9.53 Å². The first-order valence-corrected chi connectivity index (χ1v) is 10.8. The largest absolute Gasteiger partial charge is 0.375 e. The Morgan fingerprint density at radius 3 is 2.86 bits per heavy atom. The van der Waals surface area contributed by atoms with E-state index in [0.29, 0.717) is 11.7 Å². The molecule has 10 heteroatoms. The molecule has 0 aliphatic carbocycles. The Hall–Kier alpha value is -0.900. The summed E-state index contributed by atoms with van der Waals surface area (Å²) in [6.45, 7) is 3.34. The number of nitrogens with zero attached hydrogens (tertiary/aromatic N) is 1. The van der Waals surface area contributed by atoms with Crippen molar-refractivity contribution in [2.24, 2.45) is 0 Å². The maximum Gasteiger partial charge on any atom is 0.261 e. The van der Waals surface area contributed by atoms with E-state index in [0.717, 1.165) is 62.4 Å². The summed E-state index contributed by atoms with van der Waals surface area (Å²) in [5, 5.41) is 9.01. The van der Waals surface area contributed by atoms with Crippen LogP contribution in [0.15, 0.2) is 11.4 Å². The molecule has 1 amide bonds. The summed E-state index contributed by atoms with van der Waals surface area (Å²) in [6, 6.07) is 2.07. The second-order valence-corrected chi connectivity index (χ2v) is 8.79. The molecule has 2 aliphatic rings. The molecule has 1 saturated heterocycles. The quantitative estimate of drug-likeness (QED) is 0.591. The van der Waals surface area contributed by atoms with E-state index < -0.39 is 0 Å². The number of amides is 1. The summed E-state index contributed by atoms with van der Waals surface area (Å²) < 4.78 is 6.20. The van der Waals surface area contributed by atoms with Crippen LogP contribution in [0, 0.1) is 0 Å². The van der Waals surface area contributed by atoms with Gasteiger partial charge in [-0.2, -0.15) is 0 Å². The summed E-state index contributed by atoms with van der Waals surface area (Å²) in [6.07, 6.45) is 4.56. The molecule has 2 aromatic heterocycles. The van der Waals surface area contributed by atoms with Crippen LogP contribution in [0.2, 0.25) is 0 Å². The Labute approximate surface area is 185 Å². The molecule has 4 rings (SSSR count). The molecular weight excluding hydrogens is 439 g/mol. The van der Waals surface area contributed by atoms with Gasteiger partial charge in [-0.1, -0.05) is 0 Å². The van der Waals surface area contributed by atoms with Gasteiger partial charge in [-0.05, 0) is 56.8 Å². The summed E-state index contributed by atoms with van der Waals surface area (Å²) in [5.41, 5.74) is 7.76. The minimum absolute atomic E-state index is 0. The lowest BCUT2D eigenvalue weighted by molar-refractivity contribution is -0.0771. The highest BCUT2D eigenvalue weighted by atomic mass is 35.5. The number of fused-ring (bicyclic) bond motifs is 2. The molecule has 156 valence electrons. The van der Waals surface area contributed by atoms with E-state index in [1.165, 1.54) is 21.8 Å². The number of thiophene rings is 1. The standard InChI is InChI=1S/C18H24N4O2S2.2ClH/c19-17-22-13(11-25-17)2-1-6-21-16(23)14-10-12-3-9-24-18(15(12)26-14)4-7-20-8-5-18;;/h10-11,20H,1-9H2,(H2,19,22)(H,21,23);2*1H. The number of ether oxygens (including phenoxy) is 1. The molecule has 4 N–H and O–H groups in total. The van der Waals surface area contributed by atoms with Crippen LogP contribution >= 0.6 is 47.5 Å². The van der Waals surface area contributed by atoms with Crippen molar-refractivity contribution in [3.8, 4) is 0 Å². The number of hydrogen-bond acceptors (Lipinski definition) is 7. The summed E-state index contributed by atoms with van der Waals surface area (Å²) >= 11 is 3.07. The first kappa shape index (κ1) is 23.4. The average molecular weight is 465 g/mol. The topological polar surface area (TPSA) is 89.3 Å². The minimum atomic E-state index is -0.174. The van der Waals surface area contributed by atoms with Crippen LogP contribution in [-0.2, 0) is 23.2 Å². The zero-order chi connectivity index (χ0) is 18.0. The van der Waals surface area contributed by atoms with Gasteiger partial charge in [-0.25, -0.2) is 4.98 Å². The lowest BCUT2D eigenvalue weighted by Crippen LogP contribution is -2.43. The van der Waals surface area contributed by atoms with Crippen molar-refractivity contribution in [2.45, 2.75) is 37.7 Å². The van der Waals surface area contributed by atoms with Gasteiger partial charge < -0.3 is 21.1 Å². The summed E-state index contributed by atoms with van der Waals surface area (Å²) in [4.78, 5) is 18.9. The molecule has 0 unspecified atom stereocenters. The van der Waals surface area contributed by atoms with Crippen LogP contribution < -0.4 is 16.4 Å². The summed E-state index contributed by atoms with van der Waals surface area (Å²) in [7, 11) is 0. The molecule has 28 heavy (non-hydrogen) atoms. The normalized spacial score (nSPS) is 17.3. The Kier molecular flexibility index (Phi) is 8.54. The van der Waals surface area contributed by atoms with E-state index in [1.807, 2.05) is 5.38 Å². The highest BCUT2D eigenvalue weighted by molar-refractivity contribution is 7.14. The number of piperidine rings is 1. The number of nitrogens with two attached hydrogens (primary N) is 1. The molecule has 2 aliphatic heterocycles. The molecule has 0 saturated carbocycles. The molecule has 0 aromatic carbocycles. The highest BCUT2D eigenvalue weighted by Crippen LogP contribution is 2.44. The number of aryl methyl sites for hydroxylation is 1. The van der Waals surface area contributed by atoms with Gasteiger partial charge in [0.15, 0.2) is 5.13 Å². The SMILES string of the molecule is Cl.Cl.Nc1nc(CCCNC(=O)c2cc3c(s2)C2(CCNCC2)OCC3)cs1. The Bertz CT molecular complexity index is 790. The number of nitrogens with one attached hydrogen (secondary N) is 2. The van der Waals surface area contributed by atoms with Crippen LogP contribution in [0.1, 0.15) is 45.1 Å². The van der Waals surface area contributed by atoms with Crippen LogP contribution in [0.3, 0.4) is 0 Å². The maximum absolute atomic E-state index is 12.6. The lowest BCUT2D eigenvalue weighted by Gasteiger charge is -2.40. The first-order valence-electron chi connectivity index (χ1n) is 9.12. The van der Waals surface area contributed by atoms with Gasteiger partial charge >= 0.3 is 0 Å². The fourth-order valence-electron chi connectivity index (χ4n) is 3.73. The van der Waals surface area contributed by atoms with Gasteiger partial charge in [-0.15, -0.1) is 47.5 Å². The molecule has 2 aromatic rings. The minimum Gasteiger partial charge on any atom is -0.375 e. The summed E-state index contributed by atoms with van der Waals surface area (Å²) in [5.74, 6) is 0.0197. The van der Waals surface area contributed by atoms with Crippen LogP contribution in [0.25, 0.3) is 0 Å². The zero-order valence-corrected chi connectivity index (χ0v) is 18.8. The lowest BCUT2D eigenvalue weighted by atomic mass is 9.86. The number of carbonyl (C=O) groups is 1. The van der Waals surface area contributed by atoms with Gasteiger partial charge in [0.1, 0.15) is 5.60 Å².